The molecule has 18 heavy (non-hydrogen) atoms. The summed E-state index contributed by atoms with van der Waals surface area (Å²) >= 11 is 0. The molecule has 102 valence electrons. The average molecular weight is 271 g/mol. The Kier molecular flexibility index (Phi) is 5.10. The van der Waals surface area contributed by atoms with Gasteiger partial charge in [0.05, 0.1) is 0 Å². The number of aromatic nitrogens is 1. The predicted molar refractivity (Wildman–Crippen MR) is 73.1 cm³/mol. The number of nitrogens with one attached hydrogen (secondary N) is 1. The van der Waals surface area contributed by atoms with Crippen LogP contribution in [0.4, 0.5) is 5.82 Å². The van der Waals surface area contributed by atoms with Crippen LogP contribution >= 0.6 is 0 Å². The molecule has 0 saturated carbocycles. The molecule has 0 spiro atoms. The summed E-state index contributed by atoms with van der Waals surface area (Å²) in [6, 6.07) is 3.20. The van der Waals surface area contributed by atoms with E-state index in [2.05, 4.69) is 10.3 Å². The highest BCUT2D eigenvalue weighted by atomic mass is 32.2. The van der Waals surface area contributed by atoms with E-state index in [-0.39, 0.29) is 10.9 Å². The largest absolute Gasteiger partial charge is 0.372 e. The van der Waals surface area contributed by atoms with Crippen LogP contribution in [0.15, 0.2) is 23.2 Å². The van der Waals surface area contributed by atoms with Gasteiger partial charge in [0, 0.05) is 25.8 Å². The quantitative estimate of drug-likeness (QED) is 0.859. The third kappa shape index (κ3) is 2.81. The number of hydrogen-bond acceptors (Lipinski definition) is 4. The Morgan fingerprint density at radius 3 is 2.61 bits per heavy atom. The minimum Gasteiger partial charge on any atom is -0.372 e. The van der Waals surface area contributed by atoms with Crippen molar-refractivity contribution < 1.29 is 8.42 Å². The molecule has 0 bridgehead atoms. The van der Waals surface area contributed by atoms with Crippen LogP contribution in [-0.4, -0.2) is 37.3 Å². The standard InChI is InChI=1S/C12H21N3O2S/c1-5-10(3)15(6-2)18(16,17)11-8-7-9-14-12(11)13-4/h7-10H,5-6H2,1-4H3,(H,13,14). The fourth-order valence-corrected chi connectivity index (χ4v) is 3.70. The van der Waals surface area contributed by atoms with Crippen LogP contribution in [0.2, 0.25) is 0 Å². The Balaban J connectivity index is 3.27. The highest BCUT2D eigenvalue weighted by Crippen LogP contribution is 2.24. The smallest absolute Gasteiger partial charge is 0.246 e. The minimum atomic E-state index is -3.50. The molecular weight excluding hydrogens is 250 g/mol. The van der Waals surface area contributed by atoms with Gasteiger partial charge in [-0.25, -0.2) is 13.4 Å². The zero-order chi connectivity index (χ0) is 13.8. The van der Waals surface area contributed by atoms with E-state index >= 15 is 0 Å². The van der Waals surface area contributed by atoms with Crippen molar-refractivity contribution in [1.29, 1.82) is 0 Å². The highest BCUT2D eigenvalue weighted by Gasteiger charge is 2.29. The van der Waals surface area contributed by atoms with Crippen molar-refractivity contribution in [2.24, 2.45) is 0 Å². The van der Waals surface area contributed by atoms with E-state index in [0.29, 0.717) is 12.4 Å². The summed E-state index contributed by atoms with van der Waals surface area (Å²) in [7, 11) is -1.83. The normalized spacial score (nSPS) is 13.6. The van der Waals surface area contributed by atoms with E-state index in [1.54, 1.807) is 25.4 Å². The number of pyridine rings is 1. The van der Waals surface area contributed by atoms with Gasteiger partial charge in [-0.1, -0.05) is 13.8 Å². The van der Waals surface area contributed by atoms with Crippen LogP contribution in [0.5, 0.6) is 0 Å². The molecule has 0 amide bonds. The van der Waals surface area contributed by atoms with Crippen molar-refractivity contribution in [3.63, 3.8) is 0 Å². The lowest BCUT2D eigenvalue weighted by Crippen LogP contribution is -2.38. The van der Waals surface area contributed by atoms with E-state index < -0.39 is 10.0 Å². The summed E-state index contributed by atoms with van der Waals surface area (Å²) < 4.78 is 26.7. The van der Waals surface area contributed by atoms with Crippen LogP contribution < -0.4 is 5.32 Å². The van der Waals surface area contributed by atoms with Crippen LogP contribution in [0.25, 0.3) is 0 Å². The lowest BCUT2D eigenvalue weighted by molar-refractivity contribution is 0.342. The summed E-state index contributed by atoms with van der Waals surface area (Å²) in [6.45, 7) is 6.19. The molecule has 1 rings (SSSR count). The van der Waals surface area contributed by atoms with Crippen molar-refractivity contribution in [3.8, 4) is 0 Å². The molecule has 0 saturated heterocycles. The molecule has 1 aromatic heterocycles. The summed E-state index contributed by atoms with van der Waals surface area (Å²) in [5.74, 6) is 0.388. The summed E-state index contributed by atoms with van der Waals surface area (Å²) in [5, 5.41) is 2.82. The Morgan fingerprint density at radius 2 is 2.11 bits per heavy atom. The van der Waals surface area contributed by atoms with Crippen molar-refractivity contribution in [2.75, 3.05) is 18.9 Å². The first-order valence-corrected chi connectivity index (χ1v) is 7.57. The van der Waals surface area contributed by atoms with Crippen molar-refractivity contribution >= 4 is 15.8 Å². The number of anilines is 1. The van der Waals surface area contributed by atoms with Gasteiger partial charge >= 0.3 is 0 Å². The molecule has 1 aromatic rings. The average Bonchev–Trinajstić information content (AvgIpc) is 2.38. The van der Waals surface area contributed by atoms with E-state index in [1.165, 1.54) is 4.31 Å². The molecule has 1 atom stereocenters. The molecule has 1 unspecified atom stereocenters. The first-order chi connectivity index (χ1) is 8.48. The number of nitrogens with zero attached hydrogens (tertiary/aromatic N) is 2. The van der Waals surface area contributed by atoms with Gasteiger partial charge in [-0.05, 0) is 25.5 Å². The zero-order valence-corrected chi connectivity index (χ0v) is 12.2. The molecule has 0 radical (unpaired) electrons. The molecule has 6 heteroatoms. The maximum absolute atomic E-state index is 12.6. The molecule has 0 aliphatic heterocycles. The van der Waals surface area contributed by atoms with Gasteiger partial charge in [0.15, 0.2) is 0 Å². The van der Waals surface area contributed by atoms with E-state index in [9.17, 15) is 8.42 Å². The molecule has 0 aromatic carbocycles. The Hall–Kier alpha value is -1.14. The van der Waals surface area contributed by atoms with Gasteiger partial charge in [-0.2, -0.15) is 4.31 Å². The fraction of sp³-hybridized carbons (Fsp3) is 0.583. The zero-order valence-electron chi connectivity index (χ0n) is 11.3. The second-order valence-electron chi connectivity index (χ2n) is 4.07. The van der Waals surface area contributed by atoms with Gasteiger partial charge in [0.1, 0.15) is 10.7 Å². The number of rotatable bonds is 6. The van der Waals surface area contributed by atoms with Crippen molar-refractivity contribution in [3.05, 3.63) is 18.3 Å². The SMILES string of the molecule is CCC(C)N(CC)S(=O)(=O)c1cccnc1NC. The predicted octanol–water partition coefficient (Wildman–Crippen LogP) is 1.93. The topological polar surface area (TPSA) is 62.3 Å². The molecule has 1 N–H and O–H groups in total. The summed E-state index contributed by atoms with van der Waals surface area (Å²) in [4.78, 5) is 4.28. The van der Waals surface area contributed by atoms with Crippen LogP contribution in [0.1, 0.15) is 27.2 Å². The molecule has 5 nitrogen and oxygen atoms in total. The first kappa shape index (κ1) is 14.9. The van der Waals surface area contributed by atoms with Crippen LogP contribution in [0.3, 0.4) is 0 Å². The second kappa shape index (κ2) is 6.15. The maximum atomic E-state index is 12.6. The van der Waals surface area contributed by atoms with Gasteiger partial charge in [0.2, 0.25) is 10.0 Å². The highest BCUT2D eigenvalue weighted by molar-refractivity contribution is 7.89. The number of sulfonamides is 1. The second-order valence-corrected chi connectivity index (χ2v) is 5.92. The van der Waals surface area contributed by atoms with Gasteiger partial charge < -0.3 is 5.32 Å². The Labute approximate surface area is 109 Å². The van der Waals surface area contributed by atoms with E-state index in [1.807, 2.05) is 20.8 Å². The van der Waals surface area contributed by atoms with Crippen LogP contribution in [-0.2, 0) is 10.0 Å². The van der Waals surface area contributed by atoms with E-state index in [4.69, 9.17) is 0 Å². The van der Waals surface area contributed by atoms with Gasteiger partial charge in [0.25, 0.3) is 0 Å². The molecular formula is C12H21N3O2S. The maximum Gasteiger partial charge on any atom is 0.246 e. The first-order valence-electron chi connectivity index (χ1n) is 6.13. The molecule has 0 fully saturated rings. The van der Waals surface area contributed by atoms with Gasteiger partial charge in [-0.15, -0.1) is 0 Å². The Bertz CT molecular complexity index is 488. The number of hydrogen-bond donors (Lipinski definition) is 1. The fourth-order valence-electron chi connectivity index (χ4n) is 1.83. The lowest BCUT2D eigenvalue weighted by atomic mass is 10.3. The molecule has 1 heterocycles. The molecule has 0 aliphatic carbocycles. The van der Waals surface area contributed by atoms with Crippen molar-refractivity contribution in [2.45, 2.75) is 38.1 Å². The van der Waals surface area contributed by atoms with Gasteiger partial charge in [-0.3, -0.25) is 0 Å². The van der Waals surface area contributed by atoms with E-state index in [0.717, 1.165) is 6.42 Å². The summed E-state index contributed by atoms with van der Waals surface area (Å²) in [6.07, 6.45) is 2.35. The third-order valence-electron chi connectivity index (χ3n) is 2.99. The minimum absolute atomic E-state index is 0.0232. The monoisotopic (exact) mass is 271 g/mol. The summed E-state index contributed by atoms with van der Waals surface area (Å²) in [5.41, 5.74) is 0. The molecule has 0 aliphatic rings. The third-order valence-corrected chi connectivity index (χ3v) is 5.11. The lowest BCUT2D eigenvalue weighted by Gasteiger charge is -2.26. The van der Waals surface area contributed by atoms with Crippen molar-refractivity contribution in [1.82, 2.24) is 9.29 Å². The van der Waals surface area contributed by atoms with Crippen LogP contribution in [0, 0.1) is 0 Å². The Morgan fingerprint density at radius 1 is 1.44 bits per heavy atom.